The van der Waals surface area contributed by atoms with Gasteiger partial charge in [-0.1, -0.05) is 17.7 Å². The Bertz CT molecular complexity index is 486. The van der Waals surface area contributed by atoms with Crippen LogP contribution in [0.5, 0.6) is 0 Å². The Hall–Kier alpha value is -1.53. The summed E-state index contributed by atoms with van der Waals surface area (Å²) in [5.74, 6) is -0.222. The Morgan fingerprint density at radius 1 is 1.56 bits per heavy atom. The lowest BCUT2D eigenvalue weighted by molar-refractivity contribution is -0.119. The van der Waals surface area contributed by atoms with E-state index >= 15 is 0 Å². The summed E-state index contributed by atoms with van der Waals surface area (Å²) in [6.45, 7) is 1.89. The Morgan fingerprint density at radius 2 is 2.25 bits per heavy atom. The van der Waals surface area contributed by atoms with Crippen LogP contribution in [0.2, 0.25) is 5.02 Å². The lowest BCUT2D eigenvalue weighted by atomic mass is 10.1. The normalized spacial score (nSPS) is 16.3. The predicted octanol–water partition coefficient (Wildman–Crippen LogP) is 2.89. The number of benzene rings is 1. The number of nitrogens with zero attached hydrogens (tertiary/aromatic N) is 1. The zero-order valence-electron chi connectivity index (χ0n) is 8.88. The van der Waals surface area contributed by atoms with Gasteiger partial charge in [-0.2, -0.15) is 5.26 Å². The van der Waals surface area contributed by atoms with E-state index in [1.807, 2.05) is 13.0 Å². The molecule has 0 heterocycles. The number of nitrogens with one attached hydrogen (secondary N) is 1. The summed E-state index contributed by atoms with van der Waals surface area (Å²) in [6.07, 6.45) is 1.30. The van der Waals surface area contributed by atoms with Gasteiger partial charge in [-0.15, -0.1) is 0 Å². The van der Waals surface area contributed by atoms with Crippen LogP contribution < -0.4 is 5.32 Å². The van der Waals surface area contributed by atoms with Crippen LogP contribution in [0.3, 0.4) is 0 Å². The van der Waals surface area contributed by atoms with Gasteiger partial charge in [0.25, 0.3) is 0 Å². The summed E-state index contributed by atoms with van der Waals surface area (Å²) < 4.78 is 0. The molecule has 1 fully saturated rings. The van der Waals surface area contributed by atoms with Gasteiger partial charge in [-0.05, 0) is 37.5 Å². The van der Waals surface area contributed by atoms with Crippen LogP contribution in [0.4, 0.5) is 5.69 Å². The van der Waals surface area contributed by atoms with Gasteiger partial charge >= 0.3 is 0 Å². The zero-order chi connectivity index (χ0) is 11.8. The van der Waals surface area contributed by atoms with Crippen molar-refractivity contribution in [1.82, 2.24) is 0 Å². The molecule has 0 atom stereocenters. The maximum atomic E-state index is 11.8. The number of aryl methyl sites for hydroxylation is 1. The van der Waals surface area contributed by atoms with Gasteiger partial charge < -0.3 is 5.32 Å². The van der Waals surface area contributed by atoms with E-state index in [4.69, 9.17) is 16.9 Å². The summed E-state index contributed by atoms with van der Waals surface area (Å²) in [5.41, 5.74) is 0.819. The van der Waals surface area contributed by atoms with E-state index in [-0.39, 0.29) is 5.91 Å². The molecule has 82 valence electrons. The monoisotopic (exact) mass is 234 g/mol. The van der Waals surface area contributed by atoms with Crippen LogP contribution in [0.1, 0.15) is 18.4 Å². The number of hydrogen-bond donors (Lipinski definition) is 1. The molecule has 1 aliphatic carbocycles. The Kier molecular flexibility index (Phi) is 2.61. The highest BCUT2D eigenvalue weighted by molar-refractivity contribution is 6.31. The van der Waals surface area contributed by atoms with E-state index in [9.17, 15) is 4.79 Å². The van der Waals surface area contributed by atoms with Gasteiger partial charge in [-0.3, -0.25) is 4.79 Å². The van der Waals surface area contributed by atoms with Crippen molar-refractivity contribution < 1.29 is 4.79 Å². The molecule has 1 saturated carbocycles. The summed E-state index contributed by atoms with van der Waals surface area (Å²) in [5, 5.41) is 12.2. The number of amides is 1. The molecular weight excluding hydrogens is 224 g/mol. The number of anilines is 1. The predicted molar refractivity (Wildman–Crippen MR) is 62.1 cm³/mol. The SMILES string of the molecule is Cc1ccc(Cl)cc1NC(=O)C1(C#N)CC1. The maximum Gasteiger partial charge on any atom is 0.244 e. The largest absolute Gasteiger partial charge is 0.324 e. The quantitative estimate of drug-likeness (QED) is 0.856. The van der Waals surface area contributed by atoms with Crippen molar-refractivity contribution in [3.05, 3.63) is 28.8 Å². The van der Waals surface area contributed by atoms with E-state index in [1.165, 1.54) is 0 Å². The molecule has 0 aliphatic heterocycles. The van der Waals surface area contributed by atoms with E-state index in [2.05, 4.69) is 11.4 Å². The zero-order valence-corrected chi connectivity index (χ0v) is 9.64. The van der Waals surface area contributed by atoms with Gasteiger partial charge in [0, 0.05) is 10.7 Å². The van der Waals surface area contributed by atoms with Crippen molar-refractivity contribution in [2.24, 2.45) is 5.41 Å². The van der Waals surface area contributed by atoms with Gasteiger partial charge in [0.1, 0.15) is 5.41 Å². The van der Waals surface area contributed by atoms with Crippen LogP contribution in [-0.2, 0) is 4.79 Å². The first-order valence-corrected chi connectivity index (χ1v) is 5.44. The molecule has 0 saturated heterocycles. The number of hydrogen-bond acceptors (Lipinski definition) is 2. The van der Waals surface area contributed by atoms with Crippen LogP contribution in [-0.4, -0.2) is 5.91 Å². The lowest BCUT2D eigenvalue weighted by Crippen LogP contribution is -2.23. The number of rotatable bonds is 2. The molecule has 0 aromatic heterocycles. The fourth-order valence-electron chi connectivity index (χ4n) is 1.49. The first-order valence-electron chi connectivity index (χ1n) is 5.06. The van der Waals surface area contributed by atoms with Crippen molar-refractivity contribution in [3.63, 3.8) is 0 Å². The average molecular weight is 235 g/mol. The number of carbonyl (C=O) groups excluding carboxylic acids is 1. The molecule has 1 aromatic rings. The van der Waals surface area contributed by atoms with Gasteiger partial charge in [0.15, 0.2) is 0 Å². The Balaban J connectivity index is 2.19. The molecule has 4 heteroatoms. The number of halogens is 1. The first-order chi connectivity index (χ1) is 7.57. The molecule has 0 unspecified atom stereocenters. The topological polar surface area (TPSA) is 52.9 Å². The minimum atomic E-state index is -0.797. The molecule has 1 N–H and O–H groups in total. The molecule has 1 aromatic carbocycles. The fourth-order valence-corrected chi connectivity index (χ4v) is 1.66. The summed E-state index contributed by atoms with van der Waals surface area (Å²) in [4.78, 5) is 11.8. The third kappa shape index (κ3) is 1.89. The molecule has 0 bridgehead atoms. The highest BCUT2D eigenvalue weighted by Crippen LogP contribution is 2.45. The van der Waals surface area contributed by atoms with Crippen LogP contribution in [0, 0.1) is 23.7 Å². The van der Waals surface area contributed by atoms with E-state index in [0.717, 1.165) is 5.56 Å². The second-order valence-electron chi connectivity index (χ2n) is 4.11. The smallest absolute Gasteiger partial charge is 0.244 e. The molecule has 1 aliphatic rings. The minimum absolute atomic E-state index is 0.222. The summed E-state index contributed by atoms with van der Waals surface area (Å²) >= 11 is 5.85. The average Bonchev–Trinajstić information content (AvgIpc) is 3.04. The van der Waals surface area contributed by atoms with E-state index < -0.39 is 5.41 Å². The second-order valence-corrected chi connectivity index (χ2v) is 4.54. The third-order valence-corrected chi connectivity index (χ3v) is 3.08. The highest BCUT2D eigenvalue weighted by atomic mass is 35.5. The highest BCUT2D eigenvalue weighted by Gasteiger charge is 2.50. The number of nitriles is 1. The number of carbonyl (C=O) groups is 1. The molecule has 0 radical (unpaired) electrons. The van der Waals surface area contributed by atoms with Crippen LogP contribution in [0.15, 0.2) is 18.2 Å². The van der Waals surface area contributed by atoms with Crippen molar-refractivity contribution in [3.8, 4) is 6.07 Å². The van der Waals surface area contributed by atoms with E-state index in [1.54, 1.807) is 12.1 Å². The van der Waals surface area contributed by atoms with Crippen LogP contribution in [0.25, 0.3) is 0 Å². The summed E-state index contributed by atoms with van der Waals surface area (Å²) in [6, 6.07) is 7.36. The summed E-state index contributed by atoms with van der Waals surface area (Å²) in [7, 11) is 0. The van der Waals surface area contributed by atoms with Crippen molar-refractivity contribution in [2.45, 2.75) is 19.8 Å². The molecule has 0 spiro atoms. The third-order valence-electron chi connectivity index (χ3n) is 2.85. The van der Waals surface area contributed by atoms with Crippen molar-refractivity contribution >= 4 is 23.2 Å². The Morgan fingerprint density at radius 3 is 2.81 bits per heavy atom. The van der Waals surface area contributed by atoms with Gasteiger partial charge in [-0.25, -0.2) is 0 Å². The minimum Gasteiger partial charge on any atom is -0.324 e. The Labute approximate surface area is 99.0 Å². The molecular formula is C12H11ClN2O. The van der Waals surface area contributed by atoms with Crippen molar-refractivity contribution in [1.29, 1.82) is 5.26 Å². The second kappa shape index (κ2) is 3.80. The molecule has 3 nitrogen and oxygen atoms in total. The van der Waals surface area contributed by atoms with E-state index in [0.29, 0.717) is 23.6 Å². The van der Waals surface area contributed by atoms with Gasteiger partial charge in [0.2, 0.25) is 5.91 Å². The molecule has 2 rings (SSSR count). The standard InChI is InChI=1S/C12H11ClN2O/c1-8-2-3-9(13)6-10(8)15-11(16)12(7-14)4-5-12/h2-3,6H,4-5H2,1H3,(H,15,16). The van der Waals surface area contributed by atoms with Gasteiger partial charge in [0.05, 0.1) is 6.07 Å². The van der Waals surface area contributed by atoms with Crippen LogP contribution >= 0.6 is 11.6 Å². The molecule has 16 heavy (non-hydrogen) atoms. The van der Waals surface area contributed by atoms with Crippen molar-refractivity contribution in [2.75, 3.05) is 5.32 Å². The first kappa shape index (κ1) is 11.0. The molecule has 1 amide bonds. The lowest BCUT2D eigenvalue weighted by Gasteiger charge is -2.10. The fraction of sp³-hybridized carbons (Fsp3) is 0.333. The maximum absolute atomic E-state index is 11.8.